The van der Waals surface area contributed by atoms with E-state index in [2.05, 4.69) is 5.32 Å². The lowest BCUT2D eigenvalue weighted by atomic mass is 10.00. The highest BCUT2D eigenvalue weighted by molar-refractivity contribution is 7.90. The second kappa shape index (κ2) is 6.90. The third-order valence-electron chi connectivity index (χ3n) is 2.52. The molecule has 0 aromatic heterocycles. The lowest BCUT2D eigenvalue weighted by Crippen LogP contribution is -2.30. The maximum Gasteiger partial charge on any atom is 0.241 e. The summed E-state index contributed by atoms with van der Waals surface area (Å²) in [7, 11) is -3.02. The summed E-state index contributed by atoms with van der Waals surface area (Å²) in [5.74, 6) is -1.24. The lowest BCUT2D eigenvalue weighted by molar-refractivity contribution is -0.121. The molecule has 0 aliphatic rings. The van der Waals surface area contributed by atoms with Gasteiger partial charge in [-0.25, -0.2) is 8.42 Å². The first-order valence-electron chi connectivity index (χ1n) is 5.84. The molecule has 0 bridgehead atoms. The normalized spacial score (nSPS) is 12.4. The van der Waals surface area contributed by atoms with Gasteiger partial charge in [0.25, 0.3) is 0 Å². The quantitative estimate of drug-likeness (QED) is 0.782. The van der Waals surface area contributed by atoms with Crippen molar-refractivity contribution in [3.63, 3.8) is 0 Å². The zero-order chi connectivity index (χ0) is 14.3. The van der Waals surface area contributed by atoms with Gasteiger partial charge in [0.05, 0.1) is 11.8 Å². The molecule has 1 aromatic rings. The highest BCUT2D eigenvalue weighted by Crippen LogP contribution is 2.14. The molecule has 0 saturated heterocycles. The van der Waals surface area contributed by atoms with Gasteiger partial charge in [0.1, 0.15) is 15.8 Å². The van der Waals surface area contributed by atoms with Crippen LogP contribution in [0.5, 0.6) is 0 Å². The fraction of sp³-hybridized carbons (Fsp3) is 0.385. The SMILES string of the molecule is CS(=O)(=O)CCCNC(=O)C(C#N)c1ccccc1. The standard InChI is InChI=1S/C13H16N2O3S/c1-19(17,18)9-5-8-15-13(16)12(10-14)11-6-3-2-4-7-11/h2-4,6-7,12H,5,8-9H2,1H3,(H,15,16). The van der Waals surface area contributed by atoms with Crippen molar-refractivity contribution in [2.75, 3.05) is 18.6 Å². The van der Waals surface area contributed by atoms with Crippen LogP contribution >= 0.6 is 0 Å². The molecule has 1 amide bonds. The van der Waals surface area contributed by atoms with Crippen LogP contribution in [0.2, 0.25) is 0 Å². The van der Waals surface area contributed by atoms with E-state index in [4.69, 9.17) is 5.26 Å². The zero-order valence-corrected chi connectivity index (χ0v) is 11.5. The molecule has 1 rings (SSSR count). The molecule has 0 aliphatic heterocycles. The van der Waals surface area contributed by atoms with Crippen molar-refractivity contribution in [1.82, 2.24) is 5.32 Å². The van der Waals surface area contributed by atoms with Crippen LogP contribution in [0.1, 0.15) is 17.9 Å². The van der Waals surface area contributed by atoms with Crippen LogP contribution in [0, 0.1) is 11.3 Å². The van der Waals surface area contributed by atoms with Crippen LogP contribution in [0.4, 0.5) is 0 Å². The summed E-state index contributed by atoms with van der Waals surface area (Å²) in [4.78, 5) is 11.8. The Hall–Kier alpha value is -1.87. The van der Waals surface area contributed by atoms with Crippen molar-refractivity contribution in [3.8, 4) is 6.07 Å². The van der Waals surface area contributed by atoms with E-state index in [0.29, 0.717) is 12.0 Å². The Balaban J connectivity index is 2.51. The minimum absolute atomic E-state index is 0.0236. The predicted molar refractivity (Wildman–Crippen MR) is 72.1 cm³/mol. The molecule has 1 atom stereocenters. The number of nitriles is 1. The summed E-state index contributed by atoms with van der Waals surface area (Å²) in [5.41, 5.74) is 0.630. The van der Waals surface area contributed by atoms with Gasteiger partial charge in [0, 0.05) is 12.8 Å². The molecule has 1 N–H and O–H groups in total. The van der Waals surface area contributed by atoms with Crippen molar-refractivity contribution in [1.29, 1.82) is 5.26 Å². The van der Waals surface area contributed by atoms with Crippen LogP contribution < -0.4 is 5.32 Å². The van der Waals surface area contributed by atoms with Gasteiger partial charge in [0.15, 0.2) is 0 Å². The molecule has 0 fully saturated rings. The molecule has 1 aromatic carbocycles. The van der Waals surface area contributed by atoms with E-state index in [-0.39, 0.29) is 12.3 Å². The van der Waals surface area contributed by atoms with E-state index < -0.39 is 21.7 Å². The van der Waals surface area contributed by atoms with Gasteiger partial charge in [-0.3, -0.25) is 4.79 Å². The number of rotatable bonds is 6. The number of nitrogens with one attached hydrogen (secondary N) is 1. The summed E-state index contributed by atoms with van der Waals surface area (Å²) in [6, 6.07) is 10.7. The van der Waals surface area contributed by atoms with Crippen molar-refractivity contribution < 1.29 is 13.2 Å². The Labute approximate surface area is 113 Å². The summed E-state index contributed by atoms with van der Waals surface area (Å²) in [6.45, 7) is 0.247. The predicted octanol–water partition coefficient (Wildman–Crippen LogP) is 0.845. The number of amides is 1. The van der Waals surface area contributed by atoms with Gasteiger partial charge in [-0.1, -0.05) is 30.3 Å². The summed E-state index contributed by atoms with van der Waals surface area (Å²) in [6.07, 6.45) is 1.49. The number of sulfone groups is 1. The Morgan fingerprint density at radius 3 is 2.53 bits per heavy atom. The molecule has 0 saturated carbocycles. The average Bonchev–Trinajstić information content (AvgIpc) is 2.36. The third-order valence-corrected chi connectivity index (χ3v) is 3.55. The van der Waals surface area contributed by atoms with Gasteiger partial charge >= 0.3 is 0 Å². The fourth-order valence-corrected chi connectivity index (χ4v) is 2.25. The van der Waals surface area contributed by atoms with Crippen LogP contribution in [-0.4, -0.2) is 32.9 Å². The van der Waals surface area contributed by atoms with E-state index in [0.717, 1.165) is 6.26 Å². The molecule has 5 nitrogen and oxygen atoms in total. The van der Waals surface area contributed by atoms with Crippen molar-refractivity contribution in [2.24, 2.45) is 0 Å². The van der Waals surface area contributed by atoms with E-state index in [1.165, 1.54) is 0 Å². The number of nitrogens with zero attached hydrogens (tertiary/aromatic N) is 1. The minimum atomic E-state index is -3.02. The maximum absolute atomic E-state index is 11.8. The van der Waals surface area contributed by atoms with Crippen LogP contribution in [0.15, 0.2) is 30.3 Å². The van der Waals surface area contributed by atoms with Gasteiger partial charge < -0.3 is 5.32 Å². The fourth-order valence-electron chi connectivity index (χ4n) is 1.58. The van der Waals surface area contributed by atoms with Crippen molar-refractivity contribution in [3.05, 3.63) is 35.9 Å². The zero-order valence-electron chi connectivity index (χ0n) is 10.7. The molecule has 0 aliphatic carbocycles. The summed E-state index contributed by atoms with van der Waals surface area (Å²) in [5, 5.41) is 11.6. The van der Waals surface area contributed by atoms with E-state index in [1.54, 1.807) is 24.3 Å². The minimum Gasteiger partial charge on any atom is -0.355 e. The summed E-state index contributed by atoms with van der Waals surface area (Å²) < 4.78 is 21.8. The molecule has 1 unspecified atom stereocenters. The second-order valence-electron chi connectivity index (χ2n) is 4.25. The van der Waals surface area contributed by atoms with Gasteiger partial charge in [-0.2, -0.15) is 5.26 Å². The maximum atomic E-state index is 11.8. The van der Waals surface area contributed by atoms with Crippen LogP contribution in [0.3, 0.4) is 0 Å². The molecular weight excluding hydrogens is 264 g/mol. The number of hydrogen-bond acceptors (Lipinski definition) is 4. The Morgan fingerprint density at radius 2 is 2.00 bits per heavy atom. The monoisotopic (exact) mass is 280 g/mol. The van der Waals surface area contributed by atoms with Crippen LogP contribution in [0.25, 0.3) is 0 Å². The largest absolute Gasteiger partial charge is 0.355 e. The van der Waals surface area contributed by atoms with Crippen LogP contribution in [-0.2, 0) is 14.6 Å². The van der Waals surface area contributed by atoms with Gasteiger partial charge in [0.2, 0.25) is 5.91 Å². The highest BCUT2D eigenvalue weighted by Gasteiger charge is 2.19. The average molecular weight is 280 g/mol. The molecule has 0 radical (unpaired) electrons. The first-order valence-corrected chi connectivity index (χ1v) is 7.90. The number of hydrogen-bond donors (Lipinski definition) is 1. The first kappa shape index (κ1) is 15.2. The van der Waals surface area contributed by atoms with E-state index in [9.17, 15) is 13.2 Å². The second-order valence-corrected chi connectivity index (χ2v) is 6.51. The third kappa shape index (κ3) is 5.53. The molecular formula is C13H16N2O3S. The molecule has 0 heterocycles. The van der Waals surface area contributed by atoms with Gasteiger partial charge in [-0.05, 0) is 12.0 Å². The topological polar surface area (TPSA) is 87.0 Å². The Bertz CT molecular complexity index is 561. The Kier molecular flexibility index (Phi) is 5.52. The number of benzene rings is 1. The van der Waals surface area contributed by atoms with Gasteiger partial charge in [-0.15, -0.1) is 0 Å². The molecule has 0 spiro atoms. The molecule has 102 valence electrons. The number of carbonyl (C=O) groups excluding carboxylic acids is 1. The van der Waals surface area contributed by atoms with E-state index in [1.807, 2.05) is 12.1 Å². The molecule has 19 heavy (non-hydrogen) atoms. The number of carbonyl (C=O) groups is 1. The van der Waals surface area contributed by atoms with E-state index >= 15 is 0 Å². The lowest BCUT2D eigenvalue weighted by Gasteiger charge is -2.10. The Morgan fingerprint density at radius 1 is 1.37 bits per heavy atom. The highest BCUT2D eigenvalue weighted by atomic mass is 32.2. The first-order chi connectivity index (χ1) is 8.94. The smallest absolute Gasteiger partial charge is 0.241 e. The molecule has 6 heteroatoms. The summed E-state index contributed by atoms with van der Waals surface area (Å²) >= 11 is 0. The van der Waals surface area contributed by atoms with Crippen molar-refractivity contribution >= 4 is 15.7 Å². The van der Waals surface area contributed by atoms with Crippen molar-refractivity contribution in [2.45, 2.75) is 12.3 Å².